The zero-order chi connectivity index (χ0) is 21.4. The van der Waals surface area contributed by atoms with Crippen LogP contribution in [0, 0.1) is 0 Å². The third-order valence-electron chi connectivity index (χ3n) is 5.33. The molecule has 1 aromatic carbocycles. The Morgan fingerprint density at radius 3 is 2.67 bits per heavy atom. The molecule has 1 N–H and O–H groups in total. The predicted octanol–water partition coefficient (Wildman–Crippen LogP) is 3.32. The Morgan fingerprint density at radius 1 is 1.23 bits per heavy atom. The summed E-state index contributed by atoms with van der Waals surface area (Å²) in [5.41, 5.74) is -0.764. The molecule has 168 valence electrons. The van der Waals surface area contributed by atoms with Crippen molar-refractivity contribution in [2.45, 2.75) is 44.1 Å². The minimum Gasteiger partial charge on any atom is -0.491 e. The minimum atomic E-state index is -4.43. The number of likely N-dealkylation sites (tertiary alicyclic amines) is 1. The highest BCUT2D eigenvalue weighted by Crippen LogP contribution is 2.35. The normalized spacial score (nSPS) is 21.1. The number of halogens is 3. The zero-order valence-electron chi connectivity index (χ0n) is 17.3. The van der Waals surface area contributed by atoms with Crippen molar-refractivity contribution < 1.29 is 27.4 Å². The number of alkyl halides is 3. The first-order valence-corrected chi connectivity index (χ1v) is 10.4. The van der Waals surface area contributed by atoms with Crippen molar-refractivity contribution in [1.82, 2.24) is 10.2 Å². The first kappa shape index (κ1) is 22.7. The van der Waals surface area contributed by atoms with E-state index in [-0.39, 0.29) is 24.6 Å². The summed E-state index contributed by atoms with van der Waals surface area (Å²) in [4.78, 5) is 6.42. The van der Waals surface area contributed by atoms with Crippen LogP contribution in [0.1, 0.15) is 31.2 Å². The second-order valence-electron chi connectivity index (χ2n) is 7.47. The summed E-state index contributed by atoms with van der Waals surface area (Å²) < 4.78 is 56.0. The fraction of sp³-hybridized carbons (Fsp3) is 0.667. The highest BCUT2D eigenvalue weighted by atomic mass is 19.4. The molecule has 2 saturated heterocycles. The van der Waals surface area contributed by atoms with Crippen LogP contribution in [0.3, 0.4) is 0 Å². The van der Waals surface area contributed by atoms with Gasteiger partial charge >= 0.3 is 6.18 Å². The van der Waals surface area contributed by atoms with E-state index in [0.717, 1.165) is 57.4 Å². The Morgan fingerprint density at radius 2 is 2.00 bits per heavy atom. The SMILES string of the molecule is CN=C(NCCOc1ccccc1C(F)(F)F)N1CCC(OCC2CCCO2)CC1. The largest absolute Gasteiger partial charge is 0.491 e. The number of benzene rings is 1. The van der Waals surface area contributed by atoms with Gasteiger partial charge in [0.1, 0.15) is 12.4 Å². The van der Waals surface area contributed by atoms with Crippen LogP contribution in [0.2, 0.25) is 0 Å². The van der Waals surface area contributed by atoms with Gasteiger partial charge in [0.15, 0.2) is 5.96 Å². The Bertz CT molecular complexity index is 686. The first-order chi connectivity index (χ1) is 14.5. The lowest BCUT2D eigenvalue weighted by Crippen LogP contribution is -2.48. The molecular weight excluding hydrogens is 399 g/mol. The Kier molecular flexibility index (Phi) is 8.21. The molecule has 2 aliphatic heterocycles. The van der Waals surface area contributed by atoms with Crippen molar-refractivity contribution in [2.24, 2.45) is 4.99 Å². The zero-order valence-corrected chi connectivity index (χ0v) is 17.3. The second kappa shape index (κ2) is 10.9. The predicted molar refractivity (Wildman–Crippen MR) is 108 cm³/mol. The molecule has 0 amide bonds. The topological polar surface area (TPSA) is 55.3 Å². The van der Waals surface area contributed by atoms with E-state index in [1.165, 1.54) is 18.2 Å². The summed E-state index contributed by atoms with van der Waals surface area (Å²) in [6.07, 6.45) is 0.0261. The molecule has 0 aliphatic carbocycles. The van der Waals surface area contributed by atoms with E-state index in [1.54, 1.807) is 7.05 Å². The molecule has 6 nitrogen and oxygen atoms in total. The van der Waals surface area contributed by atoms with Crippen LogP contribution in [0.15, 0.2) is 29.3 Å². The van der Waals surface area contributed by atoms with Crippen LogP contribution in [-0.2, 0) is 15.7 Å². The fourth-order valence-electron chi connectivity index (χ4n) is 3.74. The molecule has 0 bridgehead atoms. The van der Waals surface area contributed by atoms with E-state index in [1.807, 2.05) is 0 Å². The third kappa shape index (κ3) is 6.50. The van der Waals surface area contributed by atoms with Crippen LogP contribution in [0.4, 0.5) is 13.2 Å². The number of ether oxygens (including phenoxy) is 3. The van der Waals surface area contributed by atoms with Gasteiger partial charge in [-0.15, -0.1) is 0 Å². The Balaban J connectivity index is 1.37. The highest BCUT2D eigenvalue weighted by Gasteiger charge is 2.34. The molecule has 2 fully saturated rings. The molecule has 0 spiro atoms. The van der Waals surface area contributed by atoms with Gasteiger partial charge in [-0.3, -0.25) is 4.99 Å². The van der Waals surface area contributed by atoms with Gasteiger partial charge < -0.3 is 24.4 Å². The number of para-hydroxylation sites is 1. The van der Waals surface area contributed by atoms with Gasteiger partial charge in [0.2, 0.25) is 0 Å². The van der Waals surface area contributed by atoms with Crippen molar-refractivity contribution in [3.8, 4) is 5.75 Å². The first-order valence-electron chi connectivity index (χ1n) is 10.4. The van der Waals surface area contributed by atoms with Gasteiger partial charge in [-0.1, -0.05) is 12.1 Å². The number of piperidine rings is 1. The number of hydrogen-bond acceptors (Lipinski definition) is 4. The van der Waals surface area contributed by atoms with Crippen LogP contribution in [0.5, 0.6) is 5.75 Å². The molecule has 30 heavy (non-hydrogen) atoms. The number of nitrogens with one attached hydrogen (secondary N) is 1. The molecule has 2 heterocycles. The monoisotopic (exact) mass is 429 g/mol. The van der Waals surface area contributed by atoms with Crippen LogP contribution >= 0.6 is 0 Å². The molecule has 0 radical (unpaired) electrons. The number of hydrogen-bond donors (Lipinski definition) is 1. The smallest absolute Gasteiger partial charge is 0.419 e. The molecule has 0 saturated carbocycles. The molecule has 0 aromatic heterocycles. The Hall–Kier alpha value is -2.00. The summed E-state index contributed by atoms with van der Waals surface area (Å²) in [6.45, 7) is 3.58. The van der Waals surface area contributed by atoms with E-state index in [0.29, 0.717) is 13.2 Å². The summed E-state index contributed by atoms with van der Waals surface area (Å²) in [6, 6.07) is 5.23. The van der Waals surface area contributed by atoms with Crippen molar-refractivity contribution in [3.05, 3.63) is 29.8 Å². The van der Waals surface area contributed by atoms with E-state index in [2.05, 4.69) is 15.2 Å². The third-order valence-corrected chi connectivity index (χ3v) is 5.33. The molecule has 1 atom stereocenters. The van der Waals surface area contributed by atoms with E-state index >= 15 is 0 Å². The number of guanidine groups is 1. The van der Waals surface area contributed by atoms with Gasteiger partial charge in [0, 0.05) is 26.7 Å². The lowest BCUT2D eigenvalue weighted by atomic mass is 10.1. The lowest BCUT2D eigenvalue weighted by molar-refractivity contribution is -0.138. The van der Waals surface area contributed by atoms with E-state index in [9.17, 15) is 13.2 Å². The van der Waals surface area contributed by atoms with E-state index < -0.39 is 11.7 Å². The highest BCUT2D eigenvalue weighted by molar-refractivity contribution is 5.79. The molecule has 1 aromatic rings. The molecule has 2 aliphatic rings. The average molecular weight is 429 g/mol. The Labute approximate surface area is 175 Å². The van der Waals surface area contributed by atoms with Gasteiger partial charge in [-0.2, -0.15) is 13.2 Å². The average Bonchev–Trinajstić information content (AvgIpc) is 3.26. The number of aliphatic imine (C=N–C) groups is 1. The molecular formula is C21H30F3N3O3. The summed E-state index contributed by atoms with van der Waals surface area (Å²) >= 11 is 0. The molecule has 3 rings (SSSR count). The maximum absolute atomic E-state index is 13.0. The molecule has 9 heteroatoms. The lowest BCUT2D eigenvalue weighted by Gasteiger charge is -2.34. The molecule has 1 unspecified atom stereocenters. The quantitative estimate of drug-likeness (QED) is 0.409. The van der Waals surface area contributed by atoms with Crippen LogP contribution < -0.4 is 10.1 Å². The van der Waals surface area contributed by atoms with Crippen molar-refractivity contribution in [2.75, 3.05) is 46.5 Å². The fourth-order valence-corrected chi connectivity index (χ4v) is 3.74. The van der Waals surface area contributed by atoms with Gasteiger partial charge in [0.25, 0.3) is 0 Å². The maximum atomic E-state index is 13.0. The standard InChI is InChI=1S/C21H30F3N3O3/c1-25-20(26-10-14-29-19-7-3-2-6-18(19)21(22,23)24)27-11-8-16(9-12-27)30-15-17-5-4-13-28-17/h2-3,6-7,16-17H,4-5,8-15H2,1H3,(H,25,26). The van der Waals surface area contributed by atoms with Crippen molar-refractivity contribution in [3.63, 3.8) is 0 Å². The van der Waals surface area contributed by atoms with Crippen molar-refractivity contribution >= 4 is 5.96 Å². The van der Waals surface area contributed by atoms with E-state index in [4.69, 9.17) is 14.2 Å². The minimum absolute atomic E-state index is 0.104. The summed E-state index contributed by atoms with van der Waals surface area (Å²) in [5, 5.41) is 3.17. The van der Waals surface area contributed by atoms with Crippen LogP contribution in [-0.4, -0.2) is 69.6 Å². The van der Waals surface area contributed by atoms with Gasteiger partial charge in [0.05, 0.1) is 30.9 Å². The summed E-state index contributed by atoms with van der Waals surface area (Å²) in [5.74, 6) is 0.561. The number of rotatable bonds is 7. The van der Waals surface area contributed by atoms with Crippen molar-refractivity contribution in [1.29, 1.82) is 0 Å². The summed E-state index contributed by atoms with van der Waals surface area (Å²) in [7, 11) is 1.70. The van der Waals surface area contributed by atoms with Gasteiger partial charge in [-0.25, -0.2) is 0 Å². The van der Waals surface area contributed by atoms with Crippen LogP contribution in [0.25, 0.3) is 0 Å². The number of nitrogens with zero attached hydrogens (tertiary/aromatic N) is 2. The maximum Gasteiger partial charge on any atom is 0.419 e. The second-order valence-corrected chi connectivity index (χ2v) is 7.47. The van der Waals surface area contributed by atoms with Gasteiger partial charge in [-0.05, 0) is 37.8 Å².